The molecule has 0 aliphatic rings. The first-order chi connectivity index (χ1) is 24.8. The maximum atomic E-state index is 2.40. The van der Waals surface area contributed by atoms with Crippen LogP contribution in [-0.4, -0.2) is 0 Å². The molecule has 0 unspecified atom stereocenters. The summed E-state index contributed by atoms with van der Waals surface area (Å²) in [6, 6.07) is 67.6. The lowest BCUT2D eigenvalue weighted by atomic mass is 9.86. The zero-order valence-electron chi connectivity index (χ0n) is 27.3. The average Bonchev–Trinajstić information content (AvgIpc) is 3.19. The molecule has 230 valence electrons. The molecule has 11 aromatic rings. The predicted octanol–water partition coefficient (Wildman–Crippen LogP) is 14.1. The molecule has 0 amide bonds. The van der Waals surface area contributed by atoms with E-state index in [0.717, 1.165) is 0 Å². The Bertz CT molecular complexity index is 3030. The predicted molar refractivity (Wildman–Crippen MR) is 216 cm³/mol. The summed E-state index contributed by atoms with van der Waals surface area (Å²) in [5.41, 5.74) is 9.91. The van der Waals surface area contributed by atoms with Gasteiger partial charge in [-0.2, -0.15) is 0 Å². The lowest BCUT2D eigenvalue weighted by Gasteiger charge is -2.17. The Morgan fingerprint density at radius 2 is 0.580 bits per heavy atom. The van der Waals surface area contributed by atoms with Crippen molar-refractivity contribution in [3.8, 4) is 44.5 Å². The van der Waals surface area contributed by atoms with Crippen molar-refractivity contribution in [1.29, 1.82) is 0 Å². The Hall–Kier alpha value is -6.50. The molecule has 0 aliphatic heterocycles. The van der Waals surface area contributed by atoms with Crippen LogP contribution in [0, 0.1) is 0 Å². The topological polar surface area (TPSA) is 0 Å². The van der Waals surface area contributed by atoms with E-state index in [1.807, 2.05) is 0 Å². The smallest absolute Gasteiger partial charge is 0.00206 e. The van der Waals surface area contributed by atoms with Gasteiger partial charge in [0.1, 0.15) is 0 Å². The van der Waals surface area contributed by atoms with E-state index < -0.39 is 0 Å². The third kappa shape index (κ3) is 4.00. The van der Waals surface area contributed by atoms with Gasteiger partial charge in [-0.1, -0.05) is 176 Å². The van der Waals surface area contributed by atoms with Crippen molar-refractivity contribution in [2.24, 2.45) is 0 Å². The largest absolute Gasteiger partial charge is 0.0622 e. The Kier molecular flexibility index (Phi) is 5.76. The van der Waals surface area contributed by atoms with E-state index in [-0.39, 0.29) is 0 Å². The normalized spacial score (nSPS) is 12.0. The van der Waals surface area contributed by atoms with Crippen molar-refractivity contribution in [3.63, 3.8) is 0 Å². The van der Waals surface area contributed by atoms with Crippen LogP contribution in [0.1, 0.15) is 0 Å². The number of rotatable bonds is 4. The highest BCUT2D eigenvalue weighted by Gasteiger charge is 2.16. The van der Waals surface area contributed by atoms with Gasteiger partial charge in [0, 0.05) is 0 Å². The van der Waals surface area contributed by atoms with Gasteiger partial charge in [0.2, 0.25) is 0 Å². The lowest BCUT2D eigenvalue weighted by molar-refractivity contribution is 1.57. The van der Waals surface area contributed by atoms with Crippen molar-refractivity contribution in [1.82, 2.24) is 0 Å². The number of benzene rings is 11. The van der Waals surface area contributed by atoms with Gasteiger partial charge >= 0.3 is 0 Å². The van der Waals surface area contributed by atoms with Crippen LogP contribution in [0.4, 0.5) is 0 Å². The molecule has 0 saturated carbocycles. The molecule has 0 nitrogen and oxygen atoms in total. The summed E-state index contributed by atoms with van der Waals surface area (Å²) >= 11 is 0. The van der Waals surface area contributed by atoms with E-state index in [2.05, 4.69) is 182 Å². The molecule has 11 rings (SSSR count). The molecule has 11 aromatic carbocycles. The van der Waals surface area contributed by atoms with E-state index in [4.69, 9.17) is 0 Å². The number of hydrogen-bond acceptors (Lipinski definition) is 0. The van der Waals surface area contributed by atoms with Crippen LogP contribution in [0.3, 0.4) is 0 Å². The van der Waals surface area contributed by atoms with Crippen molar-refractivity contribution < 1.29 is 0 Å². The average molecular weight is 631 g/mol. The molecule has 0 N–H and O–H groups in total. The minimum atomic E-state index is 1.21. The van der Waals surface area contributed by atoms with Crippen molar-refractivity contribution >= 4 is 64.6 Å². The Balaban J connectivity index is 1.08. The molecule has 0 fully saturated rings. The van der Waals surface area contributed by atoms with Crippen LogP contribution in [-0.2, 0) is 0 Å². The van der Waals surface area contributed by atoms with Gasteiger partial charge < -0.3 is 0 Å². The molecule has 0 atom stereocenters. The van der Waals surface area contributed by atoms with Crippen LogP contribution in [0.25, 0.3) is 109 Å². The molecule has 0 radical (unpaired) electrons. The molecule has 0 bridgehead atoms. The first-order valence-corrected chi connectivity index (χ1v) is 17.4. The molecule has 0 aromatic heterocycles. The van der Waals surface area contributed by atoms with Crippen LogP contribution in [0.2, 0.25) is 0 Å². The maximum absolute atomic E-state index is 2.40. The van der Waals surface area contributed by atoms with Crippen LogP contribution < -0.4 is 0 Å². The second-order valence-electron chi connectivity index (χ2n) is 13.6. The van der Waals surface area contributed by atoms with Gasteiger partial charge in [-0.3, -0.25) is 0 Å². The quantitative estimate of drug-likeness (QED) is 0.170. The fourth-order valence-corrected chi connectivity index (χ4v) is 8.62. The van der Waals surface area contributed by atoms with E-state index in [1.54, 1.807) is 0 Å². The fourth-order valence-electron chi connectivity index (χ4n) is 8.62. The molecule has 0 aliphatic carbocycles. The van der Waals surface area contributed by atoms with E-state index in [9.17, 15) is 0 Å². The monoisotopic (exact) mass is 630 g/mol. The van der Waals surface area contributed by atoms with E-state index in [0.29, 0.717) is 0 Å². The third-order valence-corrected chi connectivity index (χ3v) is 11.0. The molecule has 0 heterocycles. The SMILES string of the molecule is c1ccc(-c2ccc(-c3ccc4ccc5cccc6ccc3c4c56)cc2-c2ccc(-c3ccc4ccc5cccc6ccc3c4c56)cc2)cc1. The highest BCUT2D eigenvalue weighted by molar-refractivity contribution is 6.26. The van der Waals surface area contributed by atoms with Gasteiger partial charge in [0.25, 0.3) is 0 Å². The van der Waals surface area contributed by atoms with Crippen LogP contribution in [0.5, 0.6) is 0 Å². The highest BCUT2D eigenvalue weighted by atomic mass is 14.2. The van der Waals surface area contributed by atoms with Crippen molar-refractivity contribution in [2.45, 2.75) is 0 Å². The fraction of sp³-hybridized carbons (Fsp3) is 0. The van der Waals surface area contributed by atoms with Gasteiger partial charge in [-0.15, -0.1) is 0 Å². The van der Waals surface area contributed by atoms with Crippen molar-refractivity contribution in [3.05, 3.63) is 182 Å². The molecular formula is C50H30. The Morgan fingerprint density at radius 1 is 0.200 bits per heavy atom. The summed E-state index contributed by atoms with van der Waals surface area (Å²) in [5.74, 6) is 0. The molecule has 50 heavy (non-hydrogen) atoms. The first-order valence-electron chi connectivity index (χ1n) is 17.4. The van der Waals surface area contributed by atoms with E-state index in [1.165, 1.54) is 109 Å². The maximum Gasteiger partial charge on any atom is -0.00206 e. The minimum absolute atomic E-state index is 1.21. The summed E-state index contributed by atoms with van der Waals surface area (Å²) in [5, 5.41) is 15.8. The van der Waals surface area contributed by atoms with Crippen LogP contribution in [0.15, 0.2) is 182 Å². The lowest BCUT2D eigenvalue weighted by Crippen LogP contribution is -1.91. The van der Waals surface area contributed by atoms with Crippen molar-refractivity contribution in [2.75, 3.05) is 0 Å². The Labute approximate surface area is 290 Å². The molecular weight excluding hydrogens is 601 g/mol. The van der Waals surface area contributed by atoms with Gasteiger partial charge in [-0.25, -0.2) is 0 Å². The van der Waals surface area contributed by atoms with E-state index >= 15 is 0 Å². The van der Waals surface area contributed by atoms with Crippen LogP contribution >= 0.6 is 0 Å². The second kappa shape index (κ2) is 10.5. The van der Waals surface area contributed by atoms with Gasteiger partial charge in [0.15, 0.2) is 0 Å². The van der Waals surface area contributed by atoms with Gasteiger partial charge in [0.05, 0.1) is 0 Å². The third-order valence-electron chi connectivity index (χ3n) is 11.0. The standard InChI is InChI=1S/C50H30/c1-2-6-31(7-3-1)42-27-24-40(43-26-21-39-19-17-35-9-5-11-37-23-29-45(43)50(39)48(35)37)30-46(42)33-14-12-32(13-15-33)41-25-20-38-18-16-34-8-4-10-36-22-28-44(41)49(38)47(34)36/h1-30H. The first kappa shape index (κ1) is 27.5. The molecule has 0 spiro atoms. The Morgan fingerprint density at radius 3 is 1.12 bits per heavy atom. The molecule has 0 heteroatoms. The minimum Gasteiger partial charge on any atom is -0.0622 e. The second-order valence-corrected chi connectivity index (χ2v) is 13.6. The highest BCUT2D eigenvalue weighted by Crippen LogP contribution is 2.43. The zero-order valence-corrected chi connectivity index (χ0v) is 27.3. The summed E-state index contributed by atoms with van der Waals surface area (Å²) in [6.45, 7) is 0. The number of hydrogen-bond donors (Lipinski definition) is 0. The summed E-state index contributed by atoms with van der Waals surface area (Å²) in [6.07, 6.45) is 0. The summed E-state index contributed by atoms with van der Waals surface area (Å²) in [7, 11) is 0. The summed E-state index contributed by atoms with van der Waals surface area (Å²) in [4.78, 5) is 0. The summed E-state index contributed by atoms with van der Waals surface area (Å²) < 4.78 is 0. The molecule has 0 saturated heterocycles. The van der Waals surface area contributed by atoms with Gasteiger partial charge in [-0.05, 0) is 115 Å². The zero-order chi connectivity index (χ0) is 32.8.